The lowest BCUT2D eigenvalue weighted by molar-refractivity contribution is 0.386. The van der Waals surface area contributed by atoms with Crippen LogP contribution in [0.15, 0.2) is 39.8 Å². The number of fused-ring (bicyclic) bond motifs is 1. The van der Waals surface area contributed by atoms with Crippen LogP contribution in [0.5, 0.6) is 0 Å². The third-order valence-electron chi connectivity index (χ3n) is 3.47. The molecule has 0 N–H and O–H groups in total. The lowest BCUT2D eigenvalue weighted by atomic mass is 10.1. The first-order valence-electron chi connectivity index (χ1n) is 6.54. The van der Waals surface area contributed by atoms with Crippen molar-refractivity contribution in [1.29, 1.82) is 0 Å². The molecule has 21 heavy (non-hydrogen) atoms. The summed E-state index contributed by atoms with van der Waals surface area (Å²) >= 11 is 3.31. The summed E-state index contributed by atoms with van der Waals surface area (Å²) in [5.74, 6) is 0.720. The first-order valence-corrected chi connectivity index (χ1v) is 8.77. The molecule has 1 aromatic carbocycles. The fraction of sp³-hybridized carbons (Fsp3) is 0.286. The summed E-state index contributed by atoms with van der Waals surface area (Å²) in [6, 6.07) is 6.69. The van der Waals surface area contributed by atoms with Crippen LogP contribution in [0.3, 0.4) is 0 Å². The van der Waals surface area contributed by atoms with Crippen molar-refractivity contribution >= 4 is 26.0 Å². The van der Waals surface area contributed by atoms with E-state index < -0.39 is 10.0 Å². The lowest BCUT2D eigenvalue weighted by Crippen LogP contribution is -2.36. The fourth-order valence-corrected chi connectivity index (χ4v) is 4.03. The minimum Gasteiger partial charge on any atom is -0.241 e. The summed E-state index contributed by atoms with van der Waals surface area (Å²) < 4.78 is 27.6. The molecular weight excluding hydrogens is 354 g/mol. The van der Waals surface area contributed by atoms with Gasteiger partial charge in [-0.15, -0.1) is 0 Å². The molecule has 0 bridgehead atoms. The molecule has 2 aromatic rings. The maximum atomic E-state index is 12.6. The second kappa shape index (κ2) is 5.47. The van der Waals surface area contributed by atoms with E-state index >= 15 is 0 Å². The SMILES string of the molecule is Cc1ncc2c(n1)CCN(S(=O)(=O)c1ccc(Br)cc1)C2. The number of aromatic nitrogens is 2. The number of hydrogen-bond acceptors (Lipinski definition) is 4. The van der Waals surface area contributed by atoms with Gasteiger partial charge in [-0.05, 0) is 31.2 Å². The number of halogens is 1. The molecule has 3 rings (SSSR count). The van der Waals surface area contributed by atoms with Crippen molar-refractivity contribution in [3.63, 3.8) is 0 Å². The van der Waals surface area contributed by atoms with Crippen molar-refractivity contribution in [1.82, 2.24) is 14.3 Å². The average Bonchev–Trinajstić information content (AvgIpc) is 2.47. The van der Waals surface area contributed by atoms with Gasteiger partial charge in [0.25, 0.3) is 0 Å². The van der Waals surface area contributed by atoms with Crippen LogP contribution in [0.1, 0.15) is 17.1 Å². The van der Waals surface area contributed by atoms with Crippen LogP contribution < -0.4 is 0 Å². The first kappa shape index (κ1) is 14.6. The Balaban J connectivity index is 1.91. The maximum absolute atomic E-state index is 12.6. The Labute approximate surface area is 132 Å². The number of sulfonamides is 1. The third-order valence-corrected chi connectivity index (χ3v) is 5.86. The molecule has 0 aliphatic carbocycles. The van der Waals surface area contributed by atoms with Crippen molar-refractivity contribution in [2.75, 3.05) is 6.54 Å². The maximum Gasteiger partial charge on any atom is 0.243 e. The Kier molecular flexibility index (Phi) is 3.81. The number of benzene rings is 1. The molecule has 2 heterocycles. The van der Waals surface area contributed by atoms with Crippen LogP contribution in [0.4, 0.5) is 0 Å². The van der Waals surface area contributed by atoms with E-state index in [0.717, 1.165) is 21.6 Å². The molecular formula is C14H14BrN3O2S. The van der Waals surface area contributed by atoms with Gasteiger partial charge in [0.1, 0.15) is 5.82 Å². The summed E-state index contributed by atoms with van der Waals surface area (Å²) in [5.41, 5.74) is 1.83. The highest BCUT2D eigenvalue weighted by Crippen LogP contribution is 2.24. The third kappa shape index (κ3) is 2.86. The van der Waals surface area contributed by atoms with E-state index in [1.54, 1.807) is 30.5 Å². The molecule has 0 amide bonds. The summed E-state index contributed by atoms with van der Waals surface area (Å²) in [4.78, 5) is 8.84. The molecule has 110 valence electrons. The van der Waals surface area contributed by atoms with Gasteiger partial charge in [0, 0.05) is 41.4 Å². The molecule has 0 fully saturated rings. The Hall–Kier alpha value is -1.31. The molecule has 5 nitrogen and oxygen atoms in total. The second-order valence-electron chi connectivity index (χ2n) is 4.93. The van der Waals surface area contributed by atoms with Gasteiger partial charge in [-0.3, -0.25) is 0 Å². The lowest BCUT2D eigenvalue weighted by Gasteiger charge is -2.27. The molecule has 0 spiro atoms. The Morgan fingerprint density at radius 3 is 2.67 bits per heavy atom. The van der Waals surface area contributed by atoms with Crippen molar-refractivity contribution < 1.29 is 8.42 Å². The van der Waals surface area contributed by atoms with Crippen LogP contribution in [0.25, 0.3) is 0 Å². The van der Waals surface area contributed by atoms with E-state index in [2.05, 4.69) is 25.9 Å². The monoisotopic (exact) mass is 367 g/mol. The molecule has 0 saturated heterocycles. The number of aryl methyl sites for hydroxylation is 1. The first-order chi connectivity index (χ1) is 9.96. The highest BCUT2D eigenvalue weighted by Gasteiger charge is 2.29. The van der Waals surface area contributed by atoms with E-state index in [1.165, 1.54) is 4.31 Å². The fourth-order valence-electron chi connectivity index (χ4n) is 2.35. The van der Waals surface area contributed by atoms with Crippen LogP contribution in [-0.4, -0.2) is 29.2 Å². The van der Waals surface area contributed by atoms with Crippen LogP contribution in [-0.2, 0) is 23.0 Å². The van der Waals surface area contributed by atoms with Gasteiger partial charge < -0.3 is 0 Å². The minimum atomic E-state index is -3.47. The van der Waals surface area contributed by atoms with Crippen molar-refractivity contribution in [2.45, 2.75) is 24.8 Å². The Bertz CT molecular complexity index is 775. The van der Waals surface area contributed by atoms with Crippen LogP contribution in [0, 0.1) is 6.92 Å². The van der Waals surface area contributed by atoms with E-state index in [4.69, 9.17) is 0 Å². The highest BCUT2D eigenvalue weighted by molar-refractivity contribution is 9.10. The van der Waals surface area contributed by atoms with E-state index in [-0.39, 0.29) is 0 Å². The summed E-state index contributed by atoms with van der Waals surface area (Å²) in [5, 5.41) is 0. The standard InChI is InChI=1S/C14H14BrN3O2S/c1-10-16-8-11-9-18(7-6-14(11)17-10)21(19,20)13-4-2-12(15)3-5-13/h2-5,8H,6-7,9H2,1H3. The summed E-state index contributed by atoms with van der Waals surface area (Å²) in [6.45, 7) is 2.61. The van der Waals surface area contributed by atoms with Crippen molar-refractivity contribution in [3.8, 4) is 0 Å². The minimum absolute atomic E-state index is 0.308. The quantitative estimate of drug-likeness (QED) is 0.816. The molecule has 1 aliphatic heterocycles. The topological polar surface area (TPSA) is 63.2 Å². The molecule has 1 aliphatic rings. The summed E-state index contributed by atoms with van der Waals surface area (Å²) in [7, 11) is -3.47. The van der Waals surface area contributed by atoms with Gasteiger partial charge >= 0.3 is 0 Å². The van der Waals surface area contributed by atoms with Crippen LogP contribution in [0.2, 0.25) is 0 Å². The van der Waals surface area contributed by atoms with Gasteiger partial charge in [0.15, 0.2) is 0 Å². The van der Waals surface area contributed by atoms with Crippen molar-refractivity contribution in [3.05, 3.63) is 52.0 Å². The number of hydrogen-bond donors (Lipinski definition) is 0. The van der Waals surface area contributed by atoms with Gasteiger partial charge in [-0.2, -0.15) is 4.31 Å². The molecule has 0 atom stereocenters. The second-order valence-corrected chi connectivity index (χ2v) is 7.79. The van der Waals surface area contributed by atoms with E-state index in [0.29, 0.717) is 24.4 Å². The molecule has 0 radical (unpaired) electrons. The largest absolute Gasteiger partial charge is 0.243 e. The normalized spacial score (nSPS) is 15.7. The zero-order valence-electron chi connectivity index (χ0n) is 11.5. The smallest absolute Gasteiger partial charge is 0.241 e. The average molecular weight is 368 g/mol. The highest BCUT2D eigenvalue weighted by atomic mass is 79.9. The zero-order chi connectivity index (χ0) is 15.0. The van der Waals surface area contributed by atoms with Gasteiger partial charge in [-0.1, -0.05) is 15.9 Å². The molecule has 0 unspecified atom stereocenters. The number of nitrogens with zero attached hydrogens (tertiary/aromatic N) is 3. The zero-order valence-corrected chi connectivity index (χ0v) is 13.9. The van der Waals surface area contributed by atoms with Crippen molar-refractivity contribution in [2.24, 2.45) is 0 Å². The van der Waals surface area contributed by atoms with E-state index in [9.17, 15) is 8.42 Å². The Morgan fingerprint density at radius 2 is 1.95 bits per heavy atom. The van der Waals surface area contributed by atoms with Gasteiger partial charge in [-0.25, -0.2) is 18.4 Å². The predicted octanol–water partition coefficient (Wildman–Crippen LogP) is 2.29. The molecule has 7 heteroatoms. The predicted molar refractivity (Wildman–Crippen MR) is 82.2 cm³/mol. The van der Waals surface area contributed by atoms with Gasteiger partial charge in [0.05, 0.1) is 4.90 Å². The van der Waals surface area contributed by atoms with Gasteiger partial charge in [0.2, 0.25) is 10.0 Å². The summed E-state index contributed by atoms with van der Waals surface area (Å²) in [6.07, 6.45) is 2.34. The Morgan fingerprint density at radius 1 is 1.24 bits per heavy atom. The van der Waals surface area contributed by atoms with E-state index in [1.807, 2.05) is 6.92 Å². The molecule has 1 aromatic heterocycles. The number of rotatable bonds is 2. The van der Waals surface area contributed by atoms with Crippen LogP contribution >= 0.6 is 15.9 Å². The molecule has 0 saturated carbocycles.